The van der Waals surface area contributed by atoms with E-state index in [-0.39, 0.29) is 6.04 Å². The van der Waals surface area contributed by atoms with E-state index >= 15 is 0 Å². The molecule has 3 unspecified atom stereocenters. The third-order valence-corrected chi connectivity index (χ3v) is 4.58. The van der Waals surface area contributed by atoms with Gasteiger partial charge in [-0.3, -0.25) is 4.98 Å². The van der Waals surface area contributed by atoms with Crippen molar-refractivity contribution in [3.05, 3.63) is 41.8 Å². The van der Waals surface area contributed by atoms with E-state index in [0.717, 1.165) is 29.7 Å². The number of fused-ring (bicyclic) bond motifs is 1. The highest BCUT2D eigenvalue weighted by Gasteiger charge is 2.42. The number of nitrogens with zero attached hydrogens (tertiary/aromatic N) is 3. The van der Waals surface area contributed by atoms with E-state index in [2.05, 4.69) is 20.4 Å². The molecule has 5 nitrogen and oxygen atoms in total. The summed E-state index contributed by atoms with van der Waals surface area (Å²) in [6, 6.07) is 4.22. The lowest BCUT2D eigenvalue weighted by molar-refractivity contribution is 0.301. The minimum atomic E-state index is 0.262. The van der Waals surface area contributed by atoms with Crippen molar-refractivity contribution in [2.45, 2.75) is 31.7 Å². The Kier molecular flexibility index (Phi) is 2.99. The van der Waals surface area contributed by atoms with Gasteiger partial charge in [0.25, 0.3) is 0 Å². The molecule has 4 rings (SSSR count). The van der Waals surface area contributed by atoms with E-state index < -0.39 is 0 Å². The molecular weight excluding hydrogens is 252 g/mol. The van der Waals surface area contributed by atoms with Crippen LogP contribution < -0.4 is 5.32 Å². The van der Waals surface area contributed by atoms with Gasteiger partial charge in [-0.2, -0.15) is 4.98 Å². The third kappa shape index (κ3) is 2.12. The smallest absolute Gasteiger partial charge is 0.244 e. The normalized spacial score (nSPS) is 28.7. The van der Waals surface area contributed by atoms with Crippen LogP contribution in [0.25, 0.3) is 0 Å². The molecule has 3 atom stereocenters. The summed E-state index contributed by atoms with van der Waals surface area (Å²) in [6.45, 7) is 1.09. The Balaban J connectivity index is 1.51. The molecule has 5 heteroatoms. The van der Waals surface area contributed by atoms with Crippen LogP contribution in [0.5, 0.6) is 0 Å². The Labute approximate surface area is 117 Å². The molecule has 1 N–H and O–H groups in total. The van der Waals surface area contributed by atoms with E-state index in [1.807, 2.05) is 18.3 Å². The average Bonchev–Trinajstić information content (AvgIpc) is 3.15. The van der Waals surface area contributed by atoms with Crippen LogP contribution in [-0.2, 0) is 6.42 Å². The second kappa shape index (κ2) is 4.98. The zero-order chi connectivity index (χ0) is 13.4. The van der Waals surface area contributed by atoms with E-state index in [0.29, 0.717) is 12.3 Å². The van der Waals surface area contributed by atoms with Crippen LogP contribution in [0.2, 0.25) is 0 Å². The summed E-state index contributed by atoms with van der Waals surface area (Å²) in [5.74, 6) is 2.99. The molecule has 3 heterocycles. The SMILES string of the molecule is c1cncc(Cc2noc(C3NCC4CCCC43)n2)c1. The van der Waals surface area contributed by atoms with Gasteiger partial charge in [0.2, 0.25) is 5.89 Å². The molecule has 1 aliphatic heterocycles. The average molecular weight is 270 g/mol. The van der Waals surface area contributed by atoms with Gasteiger partial charge in [0, 0.05) is 18.8 Å². The fourth-order valence-electron chi connectivity index (χ4n) is 3.61. The first-order valence-electron chi connectivity index (χ1n) is 7.35. The Morgan fingerprint density at radius 3 is 3.25 bits per heavy atom. The molecule has 2 aromatic rings. The van der Waals surface area contributed by atoms with Gasteiger partial charge in [-0.15, -0.1) is 0 Å². The van der Waals surface area contributed by atoms with Gasteiger partial charge in [0.1, 0.15) is 0 Å². The van der Waals surface area contributed by atoms with Crippen LogP contribution in [0.1, 0.15) is 42.6 Å². The van der Waals surface area contributed by atoms with Crippen LogP contribution in [0.3, 0.4) is 0 Å². The molecule has 0 amide bonds. The molecular formula is C15H18N4O. The van der Waals surface area contributed by atoms with Crippen LogP contribution in [0.4, 0.5) is 0 Å². The maximum atomic E-state index is 5.48. The van der Waals surface area contributed by atoms with Gasteiger partial charge in [0.15, 0.2) is 5.82 Å². The number of pyridine rings is 1. The summed E-state index contributed by atoms with van der Waals surface area (Å²) in [7, 11) is 0. The van der Waals surface area contributed by atoms with Crippen LogP contribution in [0.15, 0.2) is 29.0 Å². The van der Waals surface area contributed by atoms with Gasteiger partial charge < -0.3 is 9.84 Å². The van der Waals surface area contributed by atoms with Gasteiger partial charge in [-0.05, 0) is 42.9 Å². The van der Waals surface area contributed by atoms with Crippen molar-refractivity contribution in [2.24, 2.45) is 11.8 Å². The third-order valence-electron chi connectivity index (χ3n) is 4.58. The van der Waals surface area contributed by atoms with E-state index in [1.54, 1.807) is 6.20 Å². The van der Waals surface area contributed by atoms with Gasteiger partial charge in [0.05, 0.1) is 6.04 Å². The lowest BCUT2D eigenvalue weighted by Gasteiger charge is -2.13. The Morgan fingerprint density at radius 2 is 2.35 bits per heavy atom. The number of nitrogens with one attached hydrogen (secondary N) is 1. The predicted octanol–water partition coefficient (Wildman–Crippen LogP) is 2.12. The highest BCUT2D eigenvalue weighted by molar-refractivity contribution is 5.14. The molecule has 20 heavy (non-hydrogen) atoms. The van der Waals surface area contributed by atoms with Crippen molar-refractivity contribution in [3.63, 3.8) is 0 Å². The second-order valence-electron chi connectivity index (χ2n) is 5.83. The van der Waals surface area contributed by atoms with Crippen LogP contribution in [0, 0.1) is 11.8 Å². The Hall–Kier alpha value is -1.75. The van der Waals surface area contributed by atoms with Gasteiger partial charge >= 0.3 is 0 Å². The first-order chi connectivity index (χ1) is 9.90. The van der Waals surface area contributed by atoms with Crippen molar-refractivity contribution in [1.29, 1.82) is 0 Å². The first-order valence-corrected chi connectivity index (χ1v) is 7.35. The zero-order valence-electron chi connectivity index (χ0n) is 11.3. The molecule has 1 saturated heterocycles. The Bertz CT molecular complexity index is 583. The van der Waals surface area contributed by atoms with Gasteiger partial charge in [-0.25, -0.2) is 0 Å². The van der Waals surface area contributed by atoms with E-state index in [9.17, 15) is 0 Å². The predicted molar refractivity (Wildman–Crippen MR) is 72.9 cm³/mol. The molecule has 0 spiro atoms. The molecule has 0 radical (unpaired) electrons. The van der Waals surface area contributed by atoms with E-state index in [1.165, 1.54) is 19.3 Å². The maximum Gasteiger partial charge on any atom is 0.244 e. The summed E-state index contributed by atoms with van der Waals surface area (Å²) in [6.07, 6.45) is 8.25. The number of hydrogen-bond acceptors (Lipinski definition) is 5. The molecule has 0 aromatic carbocycles. The summed E-state index contributed by atoms with van der Waals surface area (Å²) >= 11 is 0. The quantitative estimate of drug-likeness (QED) is 0.925. The fraction of sp³-hybridized carbons (Fsp3) is 0.533. The second-order valence-corrected chi connectivity index (χ2v) is 5.83. The standard InChI is InChI=1S/C15H18N4O/c1-4-11-9-17-14(12(11)5-1)15-18-13(19-20-15)7-10-3-2-6-16-8-10/h2-3,6,8,11-12,14,17H,1,4-5,7,9H2. The van der Waals surface area contributed by atoms with Crippen molar-refractivity contribution in [2.75, 3.05) is 6.54 Å². The number of aromatic nitrogens is 3. The maximum absolute atomic E-state index is 5.48. The molecule has 1 saturated carbocycles. The molecule has 104 valence electrons. The minimum absolute atomic E-state index is 0.262. The summed E-state index contributed by atoms with van der Waals surface area (Å²) < 4.78 is 5.48. The highest BCUT2D eigenvalue weighted by atomic mass is 16.5. The first kappa shape index (κ1) is 12.0. The summed E-state index contributed by atoms with van der Waals surface area (Å²) in [5, 5.41) is 7.66. The van der Waals surface area contributed by atoms with Crippen molar-refractivity contribution in [1.82, 2.24) is 20.4 Å². The number of rotatable bonds is 3. The zero-order valence-corrected chi connectivity index (χ0v) is 11.3. The minimum Gasteiger partial charge on any atom is -0.338 e. The molecule has 2 aliphatic rings. The monoisotopic (exact) mass is 270 g/mol. The van der Waals surface area contributed by atoms with Crippen molar-refractivity contribution < 1.29 is 4.52 Å². The van der Waals surface area contributed by atoms with Crippen molar-refractivity contribution >= 4 is 0 Å². The lowest BCUT2D eigenvalue weighted by Crippen LogP contribution is -2.18. The van der Waals surface area contributed by atoms with E-state index in [4.69, 9.17) is 4.52 Å². The lowest BCUT2D eigenvalue weighted by atomic mass is 9.94. The fourth-order valence-corrected chi connectivity index (χ4v) is 3.61. The largest absolute Gasteiger partial charge is 0.338 e. The summed E-state index contributed by atoms with van der Waals surface area (Å²) in [4.78, 5) is 8.69. The Morgan fingerprint density at radius 1 is 1.35 bits per heavy atom. The van der Waals surface area contributed by atoms with Crippen molar-refractivity contribution in [3.8, 4) is 0 Å². The van der Waals surface area contributed by atoms with Crippen LogP contribution >= 0.6 is 0 Å². The topological polar surface area (TPSA) is 63.8 Å². The van der Waals surface area contributed by atoms with Gasteiger partial charge in [-0.1, -0.05) is 17.6 Å². The molecule has 0 bridgehead atoms. The molecule has 1 aliphatic carbocycles. The van der Waals surface area contributed by atoms with Crippen LogP contribution in [-0.4, -0.2) is 21.7 Å². The summed E-state index contributed by atoms with van der Waals surface area (Å²) in [5.41, 5.74) is 1.11. The number of hydrogen-bond donors (Lipinski definition) is 1. The molecule has 2 aromatic heterocycles. The highest BCUT2D eigenvalue weighted by Crippen LogP contribution is 2.43. The molecule has 2 fully saturated rings.